The van der Waals surface area contributed by atoms with E-state index in [1.165, 1.54) is 7.11 Å². The maximum Gasteiger partial charge on any atom is 0.309 e. The van der Waals surface area contributed by atoms with Crippen LogP contribution in [0.2, 0.25) is 18.1 Å². The first-order chi connectivity index (χ1) is 11.9. The van der Waals surface area contributed by atoms with E-state index in [0.29, 0.717) is 6.42 Å². The third-order valence-corrected chi connectivity index (χ3v) is 10.8. The van der Waals surface area contributed by atoms with Gasteiger partial charge in [-0.1, -0.05) is 27.4 Å². The SMILES string of the molecule is C=C[C@]12OC(=O)C[C@H]1[C@H](C(=O)OC)C[C@@H](O[Si](C)(C)C(C)(C)C)[C@@H]2OC. The minimum Gasteiger partial charge on any atom is -0.469 e. The lowest BCUT2D eigenvalue weighted by molar-refractivity contribution is -0.189. The Bertz CT molecular complexity index is 581. The zero-order valence-corrected chi connectivity index (χ0v) is 18.0. The lowest BCUT2D eigenvalue weighted by Gasteiger charge is -2.50. The smallest absolute Gasteiger partial charge is 0.309 e. The number of hydrogen-bond acceptors (Lipinski definition) is 6. The van der Waals surface area contributed by atoms with Gasteiger partial charge in [0.15, 0.2) is 13.9 Å². The van der Waals surface area contributed by atoms with Gasteiger partial charge in [-0.15, -0.1) is 0 Å². The van der Waals surface area contributed by atoms with E-state index in [1.54, 1.807) is 13.2 Å². The highest BCUT2D eigenvalue weighted by atomic mass is 28.4. The predicted molar refractivity (Wildman–Crippen MR) is 100 cm³/mol. The van der Waals surface area contributed by atoms with Crippen LogP contribution >= 0.6 is 0 Å². The Hall–Kier alpha value is -1.18. The summed E-state index contributed by atoms with van der Waals surface area (Å²) in [7, 11) is 0.807. The molecule has 0 aromatic carbocycles. The van der Waals surface area contributed by atoms with E-state index in [9.17, 15) is 9.59 Å². The number of esters is 2. The van der Waals surface area contributed by atoms with Crippen molar-refractivity contribution in [2.75, 3.05) is 14.2 Å². The van der Waals surface area contributed by atoms with Crippen LogP contribution in [0.25, 0.3) is 0 Å². The Kier molecular flexibility index (Phi) is 5.76. The van der Waals surface area contributed by atoms with Crippen LogP contribution in [0.1, 0.15) is 33.6 Å². The average molecular weight is 385 g/mol. The van der Waals surface area contributed by atoms with Crippen LogP contribution < -0.4 is 0 Å². The van der Waals surface area contributed by atoms with Crippen molar-refractivity contribution in [3.63, 3.8) is 0 Å². The van der Waals surface area contributed by atoms with Gasteiger partial charge >= 0.3 is 11.9 Å². The molecule has 5 atom stereocenters. The Morgan fingerprint density at radius 1 is 1.35 bits per heavy atom. The standard InChI is InChI=1S/C19H32O6Si/c1-9-19-13(11-15(20)24-19)12(17(21)23-6)10-14(16(19)22-5)25-26(7,8)18(2,3)4/h9,12-14,16H,1,10-11H2,2-8H3/t12-,13+,14-,16+,19+/m1/s1. The second kappa shape index (κ2) is 7.09. The quantitative estimate of drug-likeness (QED) is 0.412. The molecule has 2 aliphatic rings. The van der Waals surface area contributed by atoms with Crippen molar-refractivity contribution in [1.82, 2.24) is 0 Å². The molecule has 6 nitrogen and oxygen atoms in total. The summed E-state index contributed by atoms with van der Waals surface area (Å²) in [6.07, 6.45) is 1.30. The van der Waals surface area contributed by atoms with E-state index in [1.807, 2.05) is 0 Å². The van der Waals surface area contributed by atoms with Crippen LogP contribution in [-0.2, 0) is 28.2 Å². The number of methoxy groups -OCH3 is 2. The van der Waals surface area contributed by atoms with Gasteiger partial charge in [0.05, 0.1) is 25.6 Å². The number of carbonyl (C=O) groups is 2. The molecule has 1 saturated heterocycles. The number of carbonyl (C=O) groups excluding carboxylic acids is 2. The third kappa shape index (κ3) is 3.36. The molecule has 26 heavy (non-hydrogen) atoms. The molecule has 0 radical (unpaired) electrons. The lowest BCUT2D eigenvalue weighted by atomic mass is 9.66. The number of ether oxygens (including phenoxy) is 3. The lowest BCUT2D eigenvalue weighted by Crippen LogP contribution is -2.62. The molecule has 0 amide bonds. The molecule has 7 heteroatoms. The molecular weight excluding hydrogens is 352 g/mol. The summed E-state index contributed by atoms with van der Waals surface area (Å²) in [6, 6.07) is 0. The minimum atomic E-state index is -2.14. The van der Waals surface area contributed by atoms with Crippen LogP contribution in [-0.4, -0.2) is 52.3 Å². The highest BCUT2D eigenvalue weighted by Gasteiger charge is 2.64. The molecule has 2 rings (SSSR count). The van der Waals surface area contributed by atoms with E-state index in [-0.39, 0.29) is 35.4 Å². The van der Waals surface area contributed by atoms with Gasteiger partial charge in [0.2, 0.25) is 0 Å². The van der Waals surface area contributed by atoms with Gasteiger partial charge in [-0.25, -0.2) is 0 Å². The zero-order chi connectivity index (χ0) is 19.9. The Morgan fingerprint density at radius 3 is 2.42 bits per heavy atom. The number of fused-ring (bicyclic) bond motifs is 1. The molecule has 1 heterocycles. The average Bonchev–Trinajstić information content (AvgIpc) is 2.89. The first-order valence-electron chi connectivity index (χ1n) is 9.07. The van der Waals surface area contributed by atoms with Gasteiger partial charge in [0.25, 0.3) is 0 Å². The largest absolute Gasteiger partial charge is 0.469 e. The van der Waals surface area contributed by atoms with Crippen LogP contribution in [0, 0.1) is 11.8 Å². The zero-order valence-electron chi connectivity index (χ0n) is 17.0. The maximum absolute atomic E-state index is 12.5. The van der Waals surface area contributed by atoms with E-state index in [0.717, 1.165) is 0 Å². The molecule has 1 saturated carbocycles. The van der Waals surface area contributed by atoms with Gasteiger partial charge in [-0.3, -0.25) is 9.59 Å². The number of rotatable bonds is 5. The van der Waals surface area contributed by atoms with E-state index in [4.69, 9.17) is 18.6 Å². The topological polar surface area (TPSA) is 71.1 Å². The molecular formula is C19H32O6Si. The van der Waals surface area contributed by atoms with Crippen molar-refractivity contribution in [3.05, 3.63) is 12.7 Å². The molecule has 0 spiro atoms. The molecule has 0 unspecified atom stereocenters. The van der Waals surface area contributed by atoms with Gasteiger partial charge in [-0.05, 0) is 30.6 Å². The van der Waals surface area contributed by atoms with Gasteiger partial charge in [0, 0.05) is 13.0 Å². The van der Waals surface area contributed by atoms with Crippen molar-refractivity contribution in [2.24, 2.45) is 11.8 Å². The van der Waals surface area contributed by atoms with Crippen LogP contribution in [0.4, 0.5) is 0 Å². The molecule has 2 fully saturated rings. The molecule has 148 valence electrons. The second-order valence-corrected chi connectivity index (χ2v) is 13.5. The molecule has 0 aromatic heterocycles. The van der Waals surface area contributed by atoms with Gasteiger partial charge < -0.3 is 18.6 Å². The fourth-order valence-electron chi connectivity index (χ4n) is 3.93. The summed E-state index contributed by atoms with van der Waals surface area (Å²) in [4.78, 5) is 24.6. The van der Waals surface area contributed by atoms with Gasteiger partial charge in [0.1, 0.15) is 6.10 Å². The van der Waals surface area contributed by atoms with Crippen LogP contribution in [0.15, 0.2) is 12.7 Å². The normalized spacial score (nSPS) is 34.8. The maximum atomic E-state index is 12.5. The molecule has 0 bridgehead atoms. The Labute approximate surface area is 157 Å². The van der Waals surface area contributed by atoms with Crippen molar-refractivity contribution in [1.29, 1.82) is 0 Å². The highest BCUT2D eigenvalue weighted by Crippen LogP contribution is 2.51. The molecule has 1 aliphatic heterocycles. The first kappa shape index (κ1) is 21.1. The van der Waals surface area contributed by atoms with Crippen molar-refractivity contribution in [2.45, 2.75) is 69.6 Å². The second-order valence-electron chi connectivity index (χ2n) is 8.78. The summed E-state index contributed by atoms with van der Waals surface area (Å²) in [5.74, 6) is -1.55. The summed E-state index contributed by atoms with van der Waals surface area (Å²) in [6.45, 7) is 14.7. The van der Waals surface area contributed by atoms with Crippen molar-refractivity contribution >= 4 is 20.3 Å². The third-order valence-electron chi connectivity index (χ3n) is 6.34. The monoisotopic (exact) mass is 384 g/mol. The summed E-state index contributed by atoms with van der Waals surface area (Å²) in [5, 5.41) is -0.00338. The molecule has 0 aromatic rings. The first-order valence-corrected chi connectivity index (χ1v) is 12.0. The van der Waals surface area contributed by atoms with E-state index >= 15 is 0 Å². The van der Waals surface area contributed by atoms with Crippen LogP contribution in [0.3, 0.4) is 0 Å². The van der Waals surface area contributed by atoms with Gasteiger partial charge in [-0.2, -0.15) is 0 Å². The molecule has 1 aliphatic carbocycles. The highest BCUT2D eigenvalue weighted by molar-refractivity contribution is 6.74. The fraction of sp³-hybridized carbons (Fsp3) is 0.789. The van der Waals surface area contributed by atoms with Crippen molar-refractivity contribution in [3.8, 4) is 0 Å². The molecule has 0 N–H and O–H groups in total. The predicted octanol–water partition coefficient (Wildman–Crippen LogP) is 3.07. The van der Waals surface area contributed by atoms with E-state index in [2.05, 4.69) is 40.4 Å². The Balaban J connectivity index is 2.47. The Morgan fingerprint density at radius 2 is 1.96 bits per heavy atom. The van der Waals surface area contributed by atoms with Crippen molar-refractivity contribution < 1.29 is 28.2 Å². The summed E-state index contributed by atoms with van der Waals surface area (Å²) >= 11 is 0. The summed E-state index contributed by atoms with van der Waals surface area (Å²) in [5.41, 5.74) is -1.07. The van der Waals surface area contributed by atoms with E-state index < -0.39 is 25.9 Å². The fourth-order valence-corrected chi connectivity index (χ4v) is 5.26. The number of hydrogen-bond donors (Lipinski definition) is 0. The van der Waals surface area contributed by atoms with Crippen LogP contribution in [0.5, 0.6) is 0 Å². The minimum absolute atomic E-state index is 0.00338. The summed E-state index contributed by atoms with van der Waals surface area (Å²) < 4.78 is 23.1.